The Morgan fingerprint density at radius 2 is 1.76 bits per heavy atom. The van der Waals surface area contributed by atoms with Gasteiger partial charge in [-0.05, 0) is 30.7 Å². The van der Waals surface area contributed by atoms with Crippen LogP contribution in [0.2, 0.25) is 0 Å². The number of hydrogen-bond donors (Lipinski definition) is 0. The van der Waals surface area contributed by atoms with Gasteiger partial charge in [-0.3, -0.25) is 0 Å². The zero-order chi connectivity index (χ0) is 14.5. The van der Waals surface area contributed by atoms with E-state index in [1.54, 1.807) is 6.26 Å². The maximum Gasteiger partial charge on any atom is 0.226 e. The second-order valence-corrected chi connectivity index (χ2v) is 4.87. The topological polar surface area (TPSA) is 35.3 Å². The first-order valence-corrected chi connectivity index (χ1v) is 7.01. The summed E-state index contributed by atoms with van der Waals surface area (Å²) in [7, 11) is 0. The van der Waals surface area contributed by atoms with Crippen molar-refractivity contribution in [3.63, 3.8) is 0 Å². The van der Waals surface area contributed by atoms with Gasteiger partial charge in [-0.2, -0.15) is 0 Å². The van der Waals surface area contributed by atoms with Crippen LogP contribution in [0.5, 0.6) is 5.75 Å². The van der Waals surface area contributed by atoms with Gasteiger partial charge in [0.25, 0.3) is 0 Å². The maximum atomic E-state index is 5.77. The van der Waals surface area contributed by atoms with E-state index in [0.717, 1.165) is 29.0 Å². The summed E-state index contributed by atoms with van der Waals surface area (Å²) in [6.45, 7) is 2.63. The van der Waals surface area contributed by atoms with Crippen LogP contribution in [0, 0.1) is 6.92 Å². The van der Waals surface area contributed by atoms with Crippen LogP contribution in [0.15, 0.2) is 65.3 Å². The number of para-hydroxylation sites is 1. The van der Waals surface area contributed by atoms with Crippen molar-refractivity contribution in [2.24, 2.45) is 0 Å². The van der Waals surface area contributed by atoms with E-state index >= 15 is 0 Å². The summed E-state index contributed by atoms with van der Waals surface area (Å²) in [4.78, 5) is 4.49. The predicted molar refractivity (Wildman–Crippen MR) is 82.3 cm³/mol. The average molecular weight is 279 g/mol. The molecule has 0 atom stereocenters. The summed E-state index contributed by atoms with van der Waals surface area (Å²) in [6.07, 6.45) is 2.42. The third-order valence-corrected chi connectivity index (χ3v) is 3.28. The molecule has 3 aromatic rings. The van der Waals surface area contributed by atoms with Crippen LogP contribution in [0.4, 0.5) is 0 Å². The SMILES string of the molecule is Cc1ccccc1OCCc1coc(-c2ccccc2)n1. The highest BCUT2D eigenvalue weighted by molar-refractivity contribution is 5.52. The van der Waals surface area contributed by atoms with Crippen molar-refractivity contribution >= 4 is 0 Å². The predicted octanol–water partition coefficient (Wildman–Crippen LogP) is 4.27. The molecule has 0 radical (unpaired) electrons. The molecule has 0 saturated carbocycles. The Morgan fingerprint density at radius 1 is 1.00 bits per heavy atom. The minimum absolute atomic E-state index is 0.589. The molecule has 3 heteroatoms. The largest absolute Gasteiger partial charge is 0.493 e. The molecule has 3 nitrogen and oxygen atoms in total. The van der Waals surface area contributed by atoms with Crippen molar-refractivity contribution in [1.82, 2.24) is 4.98 Å². The van der Waals surface area contributed by atoms with Crippen molar-refractivity contribution < 1.29 is 9.15 Å². The minimum atomic E-state index is 0.589. The van der Waals surface area contributed by atoms with Gasteiger partial charge in [0.2, 0.25) is 5.89 Å². The van der Waals surface area contributed by atoms with Crippen molar-refractivity contribution in [3.8, 4) is 17.2 Å². The fourth-order valence-corrected chi connectivity index (χ4v) is 2.12. The standard InChI is InChI=1S/C18H17NO2/c1-14-7-5-6-10-17(14)20-12-11-16-13-21-18(19-16)15-8-3-2-4-9-15/h2-10,13H,11-12H2,1H3. The molecular weight excluding hydrogens is 262 g/mol. The molecule has 0 aliphatic heterocycles. The first-order chi connectivity index (χ1) is 10.3. The Labute approximate surface area is 124 Å². The number of nitrogens with zero attached hydrogens (tertiary/aromatic N) is 1. The normalized spacial score (nSPS) is 10.5. The highest BCUT2D eigenvalue weighted by Gasteiger charge is 2.06. The highest BCUT2D eigenvalue weighted by atomic mass is 16.5. The first-order valence-electron chi connectivity index (χ1n) is 7.01. The number of aryl methyl sites for hydroxylation is 1. The lowest BCUT2D eigenvalue weighted by Crippen LogP contribution is -2.02. The Morgan fingerprint density at radius 3 is 2.57 bits per heavy atom. The molecule has 1 aromatic heterocycles. The summed E-state index contributed by atoms with van der Waals surface area (Å²) < 4.78 is 11.3. The van der Waals surface area contributed by atoms with Crippen molar-refractivity contribution in [1.29, 1.82) is 0 Å². The van der Waals surface area contributed by atoms with Gasteiger partial charge in [0.1, 0.15) is 12.0 Å². The number of ether oxygens (including phenoxy) is 1. The third kappa shape index (κ3) is 3.31. The van der Waals surface area contributed by atoms with Gasteiger partial charge in [-0.15, -0.1) is 0 Å². The summed E-state index contributed by atoms with van der Waals surface area (Å²) in [5.41, 5.74) is 3.04. The molecule has 0 spiro atoms. The van der Waals surface area contributed by atoms with Gasteiger partial charge >= 0.3 is 0 Å². The molecule has 1 heterocycles. The van der Waals surface area contributed by atoms with E-state index in [1.807, 2.05) is 61.5 Å². The molecule has 0 saturated heterocycles. The molecule has 0 N–H and O–H groups in total. The molecular formula is C18H17NO2. The molecule has 0 amide bonds. The van der Waals surface area contributed by atoms with Crippen LogP contribution in [0.3, 0.4) is 0 Å². The maximum absolute atomic E-state index is 5.77. The molecule has 21 heavy (non-hydrogen) atoms. The first kappa shape index (κ1) is 13.4. The van der Waals surface area contributed by atoms with E-state index in [2.05, 4.69) is 4.98 Å². The quantitative estimate of drug-likeness (QED) is 0.699. The fourth-order valence-electron chi connectivity index (χ4n) is 2.12. The van der Waals surface area contributed by atoms with Crippen LogP contribution in [0.25, 0.3) is 11.5 Å². The summed E-state index contributed by atoms with van der Waals surface area (Å²) in [6, 6.07) is 17.9. The van der Waals surface area contributed by atoms with Crippen LogP contribution < -0.4 is 4.74 Å². The number of oxazole rings is 1. The molecule has 0 bridgehead atoms. The molecule has 0 aliphatic rings. The van der Waals surface area contributed by atoms with E-state index < -0.39 is 0 Å². The van der Waals surface area contributed by atoms with Crippen molar-refractivity contribution in [3.05, 3.63) is 72.1 Å². The van der Waals surface area contributed by atoms with E-state index in [4.69, 9.17) is 9.15 Å². The highest BCUT2D eigenvalue weighted by Crippen LogP contribution is 2.19. The van der Waals surface area contributed by atoms with Gasteiger partial charge in [0.05, 0.1) is 12.3 Å². The second-order valence-electron chi connectivity index (χ2n) is 4.87. The molecule has 2 aromatic carbocycles. The minimum Gasteiger partial charge on any atom is -0.493 e. The van der Waals surface area contributed by atoms with Gasteiger partial charge in [0.15, 0.2) is 0 Å². The van der Waals surface area contributed by atoms with Gasteiger partial charge in [0, 0.05) is 12.0 Å². The van der Waals surface area contributed by atoms with E-state index in [-0.39, 0.29) is 0 Å². The van der Waals surface area contributed by atoms with Gasteiger partial charge in [-0.1, -0.05) is 36.4 Å². The number of rotatable bonds is 5. The monoisotopic (exact) mass is 279 g/mol. The summed E-state index contributed by atoms with van der Waals surface area (Å²) >= 11 is 0. The van der Waals surface area contributed by atoms with Crippen LogP contribution in [0.1, 0.15) is 11.3 Å². The van der Waals surface area contributed by atoms with Crippen molar-refractivity contribution in [2.75, 3.05) is 6.61 Å². The van der Waals surface area contributed by atoms with Crippen LogP contribution in [-0.4, -0.2) is 11.6 Å². The number of hydrogen-bond acceptors (Lipinski definition) is 3. The molecule has 0 aliphatic carbocycles. The Balaban J connectivity index is 1.60. The van der Waals surface area contributed by atoms with E-state index in [0.29, 0.717) is 12.5 Å². The van der Waals surface area contributed by atoms with Gasteiger partial charge in [-0.25, -0.2) is 4.98 Å². The summed E-state index contributed by atoms with van der Waals surface area (Å²) in [5, 5.41) is 0. The van der Waals surface area contributed by atoms with Gasteiger partial charge < -0.3 is 9.15 Å². The van der Waals surface area contributed by atoms with Crippen molar-refractivity contribution in [2.45, 2.75) is 13.3 Å². The van der Waals surface area contributed by atoms with Crippen LogP contribution in [-0.2, 0) is 6.42 Å². The smallest absolute Gasteiger partial charge is 0.226 e. The lowest BCUT2D eigenvalue weighted by molar-refractivity contribution is 0.318. The zero-order valence-corrected chi connectivity index (χ0v) is 12.0. The number of benzene rings is 2. The zero-order valence-electron chi connectivity index (χ0n) is 12.0. The average Bonchev–Trinajstić information content (AvgIpc) is 2.99. The molecule has 106 valence electrons. The number of aromatic nitrogens is 1. The second kappa shape index (κ2) is 6.27. The fraction of sp³-hybridized carbons (Fsp3) is 0.167. The third-order valence-electron chi connectivity index (χ3n) is 3.28. The van der Waals surface area contributed by atoms with E-state index in [1.165, 1.54) is 0 Å². The lowest BCUT2D eigenvalue weighted by atomic mass is 10.2. The van der Waals surface area contributed by atoms with Crippen LogP contribution >= 0.6 is 0 Å². The molecule has 0 fully saturated rings. The Kier molecular flexibility index (Phi) is 4.01. The summed E-state index contributed by atoms with van der Waals surface area (Å²) in [5.74, 6) is 1.57. The lowest BCUT2D eigenvalue weighted by Gasteiger charge is -2.07. The Hall–Kier alpha value is -2.55. The molecule has 0 unspecified atom stereocenters. The molecule has 3 rings (SSSR count). The van der Waals surface area contributed by atoms with E-state index in [9.17, 15) is 0 Å². The Bertz CT molecular complexity index is 704.